The molecule has 37 heavy (non-hydrogen) atoms. The number of hydrogen-bond acceptors (Lipinski definition) is 5. The molecule has 1 aliphatic rings. The lowest BCUT2D eigenvalue weighted by Crippen LogP contribution is -2.36. The first kappa shape index (κ1) is 26.4. The molecule has 1 saturated heterocycles. The van der Waals surface area contributed by atoms with Gasteiger partial charge >= 0.3 is 0 Å². The monoisotopic (exact) mass is 594 g/mol. The third-order valence-corrected chi connectivity index (χ3v) is 6.57. The number of nitrogens with zero attached hydrogens (tertiary/aromatic N) is 1. The molecular weight excluding hydrogens is 580 g/mol. The smallest absolute Gasteiger partial charge is 0.294 e. The van der Waals surface area contributed by atoms with Crippen molar-refractivity contribution in [3.63, 3.8) is 0 Å². The molecule has 0 radical (unpaired) electrons. The van der Waals surface area contributed by atoms with Gasteiger partial charge in [-0.15, -0.1) is 0 Å². The number of amides is 3. The van der Waals surface area contributed by atoms with Crippen LogP contribution >= 0.6 is 27.7 Å². The van der Waals surface area contributed by atoms with E-state index in [1.165, 1.54) is 18.2 Å². The van der Waals surface area contributed by atoms with Crippen LogP contribution in [0.2, 0.25) is 0 Å². The highest BCUT2D eigenvalue weighted by Gasteiger charge is 2.36. The van der Waals surface area contributed by atoms with Crippen LogP contribution in [0.5, 0.6) is 5.75 Å². The maximum absolute atomic E-state index is 13.8. The molecule has 6 nitrogen and oxygen atoms in total. The van der Waals surface area contributed by atoms with Crippen molar-refractivity contribution in [2.75, 3.05) is 11.9 Å². The lowest BCUT2D eigenvalue weighted by Gasteiger charge is -2.13. The molecule has 1 aliphatic heterocycles. The van der Waals surface area contributed by atoms with Gasteiger partial charge in [0.15, 0.2) is 17.5 Å². The van der Waals surface area contributed by atoms with Crippen molar-refractivity contribution in [2.24, 2.45) is 0 Å². The SMILES string of the molecule is O=C(CN1C(=O)S/C(=C\c2ccc(OCc3ccc(F)cc3)c(Br)c2)C1=O)Nc1ccc(F)c(F)c1F. The van der Waals surface area contributed by atoms with E-state index in [-0.39, 0.29) is 17.3 Å². The molecule has 0 aliphatic carbocycles. The van der Waals surface area contributed by atoms with Crippen molar-refractivity contribution in [3.05, 3.63) is 98.4 Å². The Hall–Kier alpha value is -3.64. The van der Waals surface area contributed by atoms with Crippen LogP contribution in [-0.2, 0) is 16.2 Å². The van der Waals surface area contributed by atoms with Crippen LogP contribution in [0, 0.1) is 23.3 Å². The molecule has 0 aromatic heterocycles. The number of benzene rings is 3. The van der Waals surface area contributed by atoms with E-state index in [0.29, 0.717) is 38.5 Å². The van der Waals surface area contributed by atoms with Crippen molar-refractivity contribution in [1.29, 1.82) is 0 Å². The summed E-state index contributed by atoms with van der Waals surface area (Å²) in [6.07, 6.45) is 1.45. The summed E-state index contributed by atoms with van der Waals surface area (Å²) in [7, 11) is 0. The Morgan fingerprint density at radius 3 is 2.43 bits per heavy atom. The Balaban J connectivity index is 1.40. The van der Waals surface area contributed by atoms with E-state index in [2.05, 4.69) is 15.9 Å². The summed E-state index contributed by atoms with van der Waals surface area (Å²) < 4.78 is 59.5. The van der Waals surface area contributed by atoms with Crippen LogP contribution in [0.1, 0.15) is 11.1 Å². The molecule has 190 valence electrons. The summed E-state index contributed by atoms with van der Waals surface area (Å²) in [4.78, 5) is 37.9. The zero-order valence-corrected chi connectivity index (χ0v) is 21.0. The normalized spacial score (nSPS) is 14.4. The van der Waals surface area contributed by atoms with Gasteiger partial charge in [0.05, 0.1) is 15.1 Å². The van der Waals surface area contributed by atoms with Crippen molar-refractivity contribution in [1.82, 2.24) is 4.90 Å². The fraction of sp³-hybridized carbons (Fsp3) is 0.0800. The molecule has 0 unspecified atom stereocenters. The number of rotatable bonds is 7. The predicted octanol–water partition coefficient (Wildman–Crippen LogP) is 6.26. The van der Waals surface area contributed by atoms with Crippen molar-refractivity contribution in [2.45, 2.75) is 6.61 Å². The Morgan fingerprint density at radius 2 is 1.73 bits per heavy atom. The molecule has 4 rings (SSSR count). The van der Waals surface area contributed by atoms with E-state index in [1.807, 2.05) is 5.32 Å². The minimum Gasteiger partial charge on any atom is -0.488 e. The number of carbonyl (C=O) groups excluding carboxylic acids is 3. The summed E-state index contributed by atoms with van der Waals surface area (Å²) in [5.41, 5.74) is 0.695. The molecule has 0 saturated carbocycles. The molecule has 1 heterocycles. The average Bonchev–Trinajstić information content (AvgIpc) is 3.12. The predicted molar refractivity (Wildman–Crippen MR) is 132 cm³/mol. The number of hydrogen-bond donors (Lipinski definition) is 1. The van der Waals surface area contributed by atoms with Gasteiger partial charge in [0.2, 0.25) is 5.91 Å². The Bertz CT molecular complexity index is 1430. The van der Waals surface area contributed by atoms with Crippen molar-refractivity contribution >= 4 is 56.5 Å². The third-order valence-electron chi connectivity index (χ3n) is 5.05. The molecule has 3 aromatic carbocycles. The lowest BCUT2D eigenvalue weighted by molar-refractivity contribution is -0.127. The van der Waals surface area contributed by atoms with E-state index < -0.39 is 46.7 Å². The number of nitrogens with one attached hydrogen (secondary N) is 1. The fourth-order valence-corrected chi connectivity index (χ4v) is 4.56. The minimum atomic E-state index is -1.76. The van der Waals surface area contributed by atoms with Gasteiger partial charge in [-0.1, -0.05) is 18.2 Å². The summed E-state index contributed by atoms with van der Waals surface area (Å²) in [5.74, 6) is -6.36. The van der Waals surface area contributed by atoms with Gasteiger partial charge < -0.3 is 10.1 Å². The van der Waals surface area contributed by atoms with Crippen molar-refractivity contribution in [3.8, 4) is 5.75 Å². The number of halogens is 5. The van der Waals surface area contributed by atoms with E-state index in [0.717, 1.165) is 11.6 Å². The molecule has 0 spiro atoms. The maximum Gasteiger partial charge on any atom is 0.294 e. The summed E-state index contributed by atoms with van der Waals surface area (Å²) >= 11 is 3.99. The zero-order valence-electron chi connectivity index (χ0n) is 18.6. The van der Waals surface area contributed by atoms with Crippen LogP contribution in [0.25, 0.3) is 6.08 Å². The highest BCUT2D eigenvalue weighted by Crippen LogP contribution is 2.34. The molecular formula is C25H15BrF4N2O4S. The third kappa shape index (κ3) is 6.20. The minimum absolute atomic E-state index is 0.0451. The topological polar surface area (TPSA) is 75.7 Å². The average molecular weight is 595 g/mol. The Labute approximate surface area is 220 Å². The molecule has 1 fully saturated rings. The fourth-order valence-electron chi connectivity index (χ4n) is 3.21. The van der Waals surface area contributed by atoms with Crippen LogP contribution < -0.4 is 10.1 Å². The second-order valence-electron chi connectivity index (χ2n) is 7.64. The van der Waals surface area contributed by atoms with Gasteiger partial charge in [-0.3, -0.25) is 19.3 Å². The Morgan fingerprint density at radius 1 is 1.00 bits per heavy atom. The standard InChI is InChI=1S/C25H15BrF4N2O4S/c26-16-9-14(3-8-19(16)36-12-13-1-4-15(27)5-2-13)10-20-24(34)32(25(35)37-20)11-21(33)31-18-7-6-17(28)22(29)23(18)30/h1-10H,11-12H2,(H,31,33)/b20-10-. The van der Waals surface area contributed by atoms with Gasteiger partial charge in [0.1, 0.15) is 24.7 Å². The zero-order chi connectivity index (χ0) is 26.7. The number of ether oxygens (including phenoxy) is 1. The van der Waals surface area contributed by atoms with Crippen LogP contribution in [0.15, 0.2) is 64.0 Å². The first-order valence-corrected chi connectivity index (χ1v) is 12.1. The van der Waals surface area contributed by atoms with Crippen LogP contribution in [-0.4, -0.2) is 28.5 Å². The number of imide groups is 1. The molecule has 1 N–H and O–H groups in total. The van der Waals surface area contributed by atoms with Crippen LogP contribution in [0.4, 0.5) is 28.0 Å². The molecule has 3 aromatic rings. The maximum atomic E-state index is 13.8. The first-order chi connectivity index (χ1) is 17.6. The van der Waals surface area contributed by atoms with Gasteiger partial charge in [0.25, 0.3) is 11.1 Å². The second kappa shape index (κ2) is 11.2. The number of anilines is 1. The van der Waals surface area contributed by atoms with Gasteiger partial charge in [-0.2, -0.15) is 0 Å². The quantitative estimate of drug-likeness (QED) is 0.198. The van der Waals surface area contributed by atoms with Crippen molar-refractivity contribution < 1.29 is 36.7 Å². The highest BCUT2D eigenvalue weighted by atomic mass is 79.9. The highest BCUT2D eigenvalue weighted by molar-refractivity contribution is 9.10. The largest absolute Gasteiger partial charge is 0.488 e. The molecule has 3 amide bonds. The van der Waals surface area contributed by atoms with Gasteiger partial charge in [-0.05, 0) is 81.3 Å². The number of carbonyl (C=O) groups is 3. The van der Waals surface area contributed by atoms with Gasteiger partial charge in [0, 0.05) is 0 Å². The summed E-state index contributed by atoms with van der Waals surface area (Å²) in [6.45, 7) is -0.548. The number of thioether (sulfide) groups is 1. The summed E-state index contributed by atoms with van der Waals surface area (Å²) in [5, 5.41) is 1.29. The second-order valence-corrected chi connectivity index (χ2v) is 9.49. The lowest BCUT2D eigenvalue weighted by atomic mass is 10.2. The van der Waals surface area contributed by atoms with E-state index in [4.69, 9.17) is 4.74 Å². The molecule has 0 atom stereocenters. The van der Waals surface area contributed by atoms with E-state index >= 15 is 0 Å². The van der Waals surface area contributed by atoms with Crippen LogP contribution in [0.3, 0.4) is 0 Å². The molecule has 12 heteroatoms. The van der Waals surface area contributed by atoms with E-state index in [1.54, 1.807) is 30.3 Å². The van der Waals surface area contributed by atoms with Gasteiger partial charge in [-0.25, -0.2) is 17.6 Å². The molecule has 0 bridgehead atoms. The Kier molecular flexibility index (Phi) is 7.98. The summed E-state index contributed by atoms with van der Waals surface area (Å²) in [6, 6.07) is 12.3. The first-order valence-electron chi connectivity index (χ1n) is 10.5. The van der Waals surface area contributed by atoms with E-state index in [9.17, 15) is 31.9 Å².